The first-order valence-corrected chi connectivity index (χ1v) is 10.6. The standard InChI is InChI=1S/C25H22BrClO/c1-17-8-2-3-9-20(17)18-14-19(21-10-4-6-12-23(21)26)16-25(28,15-18)22-11-5-7-13-24(22)27/h2-13,16,18,28H,14-15H2,1H3. The zero-order chi connectivity index (χ0) is 19.7. The fraction of sp³-hybridized carbons (Fsp3) is 0.200. The minimum atomic E-state index is -1.12. The largest absolute Gasteiger partial charge is 0.381 e. The van der Waals surface area contributed by atoms with E-state index < -0.39 is 5.60 Å². The van der Waals surface area contributed by atoms with Gasteiger partial charge in [-0.05, 0) is 66.2 Å². The molecule has 0 bridgehead atoms. The molecule has 0 radical (unpaired) electrons. The minimum Gasteiger partial charge on any atom is -0.381 e. The summed E-state index contributed by atoms with van der Waals surface area (Å²) >= 11 is 10.2. The predicted octanol–water partition coefficient (Wildman–Crippen LogP) is 7.26. The summed E-state index contributed by atoms with van der Waals surface area (Å²) in [5, 5.41) is 12.4. The average Bonchev–Trinajstić information content (AvgIpc) is 2.68. The van der Waals surface area contributed by atoms with Crippen LogP contribution in [0.25, 0.3) is 5.57 Å². The first kappa shape index (κ1) is 19.4. The molecule has 2 unspecified atom stereocenters. The lowest BCUT2D eigenvalue weighted by Gasteiger charge is -2.37. The molecule has 0 amide bonds. The van der Waals surface area contributed by atoms with E-state index in [9.17, 15) is 5.11 Å². The molecule has 1 nitrogen and oxygen atoms in total. The number of benzene rings is 3. The summed E-state index contributed by atoms with van der Waals surface area (Å²) in [5.74, 6) is 0.203. The van der Waals surface area contributed by atoms with Crippen LogP contribution in [-0.2, 0) is 5.60 Å². The van der Waals surface area contributed by atoms with Gasteiger partial charge in [0.1, 0.15) is 5.60 Å². The van der Waals surface area contributed by atoms with Crippen molar-refractivity contribution in [2.45, 2.75) is 31.3 Å². The van der Waals surface area contributed by atoms with Gasteiger partial charge in [0, 0.05) is 15.1 Å². The van der Waals surface area contributed by atoms with Crippen molar-refractivity contribution in [3.05, 3.63) is 111 Å². The molecule has 0 spiro atoms. The third kappa shape index (κ3) is 3.69. The van der Waals surface area contributed by atoms with E-state index in [0.717, 1.165) is 27.6 Å². The fourth-order valence-corrected chi connectivity index (χ4v) is 5.13. The molecule has 4 rings (SSSR count). The smallest absolute Gasteiger partial charge is 0.110 e. The summed E-state index contributed by atoms with van der Waals surface area (Å²) in [5.41, 5.74) is 4.43. The Hall–Kier alpha value is -1.87. The van der Waals surface area contributed by atoms with Gasteiger partial charge < -0.3 is 5.11 Å². The van der Waals surface area contributed by atoms with Gasteiger partial charge in [-0.1, -0.05) is 88.2 Å². The van der Waals surface area contributed by atoms with Crippen LogP contribution in [0, 0.1) is 6.92 Å². The number of aliphatic hydroxyl groups is 1. The summed E-state index contributed by atoms with van der Waals surface area (Å²) in [4.78, 5) is 0. The molecule has 0 aliphatic heterocycles. The van der Waals surface area contributed by atoms with E-state index in [1.165, 1.54) is 11.1 Å². The Morgan fingerprint density at radius 2 is 1.64 bits per heavy atom. The Kier molecular flexibility index (Phi) is 5.46. The van der Waals surface area contributed by atoms with Gasteiger partial charge in [0.25, 0.3) is 0 Å². The molecule has 3 heteroatoms. The lowest BCUT2D eigenvalue weighted by molar-refractivity contribution is 0.0672. The molecule has 1 aliphatic rings. The molecule has 0 aromatic heterocycles. The summed E-state index contributed by atoms with van der Waals surface area (Å²) < 4.78 is 1.04. The van der Waals surface area contributed by atoms with Crippen LogP contribution in [0.2, 0.25) is 5.02 Å². The highest BCUT2D eigenvalue weighted by molar-refractivity contribution is 9.10. The highest BCUT2D eigenvalue weighted by Gasteiger charge is 2.38. The van der Waals surface area contributed by atoms with Crippen molar-refractivity contribution in [1.82, 2.24) is 0 Å². The zero-order valence-corrected chi connectivity index (χ0v) is 18.0. The lowest BCUT2D eigenvalue weighted by atomic mass is 9.71. The molecule has 0 saturated heterocycles. The van der Waals surface area contributed by atoms with Crippen molar-refractivity contribution >= 4 is 33.1 Å². The molecule has 28 heavy (non-hydrogen) atoms. The topological polar surface area (TPSA) is 20.2 Å². The summed E-state index contributed by atoms with van der Waals surface area (Å²) in [7, 11) is 0. The van der Waals surface area contributed by atoms with Crippen LogP contribution in [-0.4, -0.2) is 5.11 Å². The maximum Gasteiger partial charge on any atom is 0.110 e. The van der Waals surface area contributed by atoms with Gasteiger partial charge in [-0.3, -0.25) is 0 Å². The second kappa shape index (κ2) is 7.87. The van der Waals surface area contributed by atoms with Gasteiger partial charge in [-0.15, -0.1) is 0 Å². The molecule has 2 atom stereocenters. The van der Waals surface area contributed by atoms with E-state index in [0.29, 0.717) is 11.4 Å². The normalized spacial score (nSPS) is 22.0. The van der Waals surface area contributed by atoms with Crippen molar-refractivity contribution in [3.8, 4) is 0 Å². The minimum absolute atomic E-state index is 0.203. The number of allylic oxidation sites excluding steroid dienone is 1. The molecule has 1 aliphatic carbocycles. The molecule has 0 fully saturated rings. The molecular weight excluding hydrogens is 432 g/mol. The number of hydrogen-bond donors (Lipinski definition) is 1. The van der Waals surface area contributed by atoms with E-state index in [2.05, 4.69) is 53.2 Å². The SMILES string of the molecule is Cc1ccccc1C1CC(c2ccccc2Br)=CC(O)(c2ccccc2Cl)C1. The molecule has 0 saturated carbocycles. The van der Waals surface area contributed by atoms with Crippen molar-refractivity contribution in [2.24, 2.45) is 0 Å². The van der Waals surface area contributed by atoms with E-state index in [1.807, 2.05) is 48.5 Å². The fourth-order valence-electron chi connectivity index (χ4n) is 4.29. The highest BCUT2D eigenvalue weighted by Crippen LogP contribution is 2.48. The molecule has 3 aromatic rings. The zero-order valence-electron chi connectivity index (χ0n) is 15.7. The summed E-state index contributed by atoms with van der Waals surface area (Å²) in [6.45, 7) is 2.14. The van der Waals surface area contributed by atoms with Crippen LogP contribution in [0.3, 0.4) is 0 Å². The molecule has 142 valence electrons. The Morgan fingerprint density at radius 3 is 2.39 bits per heavy atom. The summed E-state index contributed by atoms with van der Waals surface area (Å²) in [6.07, 6.45) is 3.48. The molecular formula is C25H22BrClO. The van der Waals surface area contributed by atoms with Gasteiger partial charge in [0.15, 0.2) is 0 Å². The van der Waals surface area contributed by atoms with Crippen molar-refractivity contribution in [3.63, 3.8) is 0 Å². The number of rotatable bonds is 3. The Bertz CT molecular complexity index is 1040. The van der Waals surface area contributed by atoms with Crippen LogP contribution >= 0.6 is 27.5 Å². The molecule has 1 N–H and O–H groups in total. The van der Waals surface area contributed by atoms with Crippen molar-refractivity contribution < 1.29 is 5.11 Å². The Labute approximate surface area is 179 Å². The van der Waals surface area contributed by atoms with E-state index in [1.54, 1.807) is 0 Å². The molecule has 3 aromatic carbocycles. The quantitative estimate of drug-likeness (QED) is 0.442. The summed E-state index contributed by atoms with van der Waals surface area (Å²) in [6, 6.07) is 24.2. The first-order valence-electron chi connectivity index (χ1n) is 9.47. The van der Waals surface area contributed by atoms with Gasteiger partial charge in [-0.2, -0.15) is 0 Å². The van der Waals surface area contributed by atoms with Crippen LogP contribution < -0.4 is 0 Å². The monoisotopic (exact) mass is 452 g/mol. The van der Waals surface area contributed by atoms with Gasteiger partial charge in [0.2, 0.25) is 0 Å². The number of hydrogen-bond acceptors (Lipinski definition) is 1. The molecule has 0 heterocycles. The Balaban J connectivity index is 1.87. The number of aryl methyl sites for hydroxylation is 1. The second-order valence-corrected chi connectivity index (χ2v) is 8.78. The Morgan fingerprint density at radius 1 is 0.964 bits per heavy atom. The third-order valence-electron chi connectivity index (χ3n) is 5.63. The third-order valence-corrected chi connectivity index (χ3v) is 6.65. The lowest BCUT2D eigenvalue weighted by Crippen LogP contribution is -2.30. The van der Waals surface area contributed by atoms with Gasteiger partial charge in [0.05, 0.1) is 0 Å². The average molecular weight is 454 g/mol. The van der Waals surface area contributed by atoms with Crippen LogP contribution in [0.5, 0.6) is 0 Å². The predicted molar refractivity (Wildman–Crippen MR) is 121 cm³/mol. The first-order chi connectivity index (χ1) is 13.5. The van der Waals surface area contributed by atoms with Crippen molar-refractivity contribution in [1.29, 1.82) is 0 Å². The maximum atomic E-state index is 11.8. The maximum absolute atomic E-state index is 11.8. The van der Waals surface area contributed by atoms with Gasteiger partial charge >= 0.3 is 0 Å². The van der Waals surface area contributed by atoms with Crippen LogP contribution in [0.4, 0.5) is 0 Å². The van der Waals surface area contributed by atoms with E-state index >= 15 is 0 Å². The van der Waals surface area contributed by atoms with Crippen LogP contribution in [0.15, 0.2) is 83.3 Å². The van der Waals surface area contributed by atoms with E-state index in [-0.39, 0.29) is 5.92 Å². The highest BCUT2D eigenvalue weighted by atomic mass is 79.9. The van der Waals surface area contributed by atoms with Gasteiger partial charge in [-0.25, -0.2) is 0 Å². The van der Waals surface area contributed by atoms with Crippen molar-refractivity contribution in [2.75, 3.05) is 0 Å². The van der Waals surface area contributed by atoms with Crippen LogP contribution in [0.1, 0.15) is 41.0 Å². The van der Waals surface area contributed by atoms with E-state index in [4.69, 9.17) is 11.6 Å². The number of halogens is 2. The second-order valence-electron chi connectivity index (χ2n) is 7.52.